The van der Waals surface area contributed by atoms with Crippen molar-refractivity contribution < 1.29 is 9.53 Å². The first-order valence-electron chi connectivity index (χ1n) is 8.34. The summed E-state index contributed by atoms with van der Waals surface area (Å²) in [5.74, 6) is 0.879. The van der Waals surface area contributed by atoms with Crippen molar-refractivity contribution in [1.82, 2.24) is 15.6 Å². The number of benzene rings is 1. The third kappa shape index (κ3) is 4.71. The second-order valence-electron chi connectivity index (χ2n) is 5.96. The number of carbonyl (C=O) groups is 1. The van der Waals surface area contributed by atoms with Crippen LogP contribution in [0.3, 0.4) is 0 Å². The average Bonchev–Trinajstić information content (AvgIpc) is 2.67. The average molecular weight is 362 g/mol. The van der Waals surface area contributed by atoms with Gasteiger partial charge in [0.25, 0.3) is 0 Å². The van der Waals surface area contributed by atoms with Crippen molar-refractivity contribution in [2.24, 2.45) is 5.92 Å². The number of halogens is 1. The monoisotopic (exact) mass is 361 g/mol. The van der Waals surface area contributed by atoms with Crippen LogP contribution in [0.25, 0.3) is 0 Å². The maximum atomic E-state index is 12.7. The number of hydrogen-bond acceptors (Lipinski definition) is 4. The molecular formula is C19H24ClN3O2. The van der Waals surface area contributed by atoms with Gasteiger partial charge in [-0.3, -0.25) is 9.78 Å². The Bertz CT molecular complexity index is 675. The van der Waals surface area contributed by atoms with E-state index >= 15 is 0 Å². The van der Waals surface area contributed by atoms with E-state index in [1.165, 1.54) is 0 Å². The summed E-state index contributed by atoms with van der Waals surface area (Å²) in [7, 11) is 1.64. The topological polar surface area (TPSA) is 63.2 Å². The summed E-state index contributed by atoms with van der Waals surface area (Å²) in [4.78, 5) is 17.2. The summed E-state index contributed by atoms with van der Waals surface area (Å²) in [5, 5.41) is 6.48. The first kappa shape index (κ1) is 19.2. The van der Waals surface area contributed by atoms with Crippen LogP contribution in [0.2, 0.25) is 0 Å². The minimum Gasteiger partial charge on any atom is -0.496 e. The Morgan fingerprint density at radius 1 is 1.20 bits per heavy atom. The predicted molar refractivity (Wildman–Crippen MR) is 100 cm³/mol. The quantitative estimate of drug-likeness (QED) is 0.859. The third-order valence-corrected chi connectivity index (χ3v) is 4.43. The van der Waals surface area contributed by atoms with Crippen LogP contribution in [0, 0.1) is 5.92 Å². The Labute approximate surface area is 154 Å². The highest BCUT2D eigenvalue weighted by atomic mass is 35.5. The highest BCUT2D eigenvalue weighted by Gasteiger charge is 2.26. The van der Waals surface area contributed by atoms with Crippen LogP contribution >= 0.6 is 12.4 Å². The van der Waals surface area contributed by atoms with E-state index in [9.17, 15) is 4.79 Å². The van der Waals surface area contributed by atoms with E-state index in [2.05, 4.69) is 15.6 Å². The van der Waals surface area contributed by atoms with E-state index in [0.29, 0.717) is 0 Å². The molecule has 0 spiro atoms. The lowest BCUT2D eigenvalue weighted by Crippen LogP contribution is -2.40. The van der Waals surface area contributed by atoms with Crippen molar-refractivity contribution >= 4 is 18.3 Å². The van der Waals surface area contributed by atoms with Crippen LogP contribution in [-0.4, -0.2) is 31.1 Å². The number of carbonyl (C=O) groups excluding carboxylic acids is 1. The highest BCUT2D eigenvalue weighted by molar-refractivity contribution is 5.85. The molecule has 25 heavy (non-hydrogen) atoms. The SMILES string of the molecule is COc1ccccc1C(NC(=O)C1CCNCC1)c1ccccn1.Cl. The molecule has 1 unspecified atom stereocenters. The van der Waals surface area contributed by atoms with Crippen molar-refractivity contribution in [2.75, 3.05) is 20.2 Å². The molecule has 0 saturated carbocycles. The molecule has 1 amide bonds. The maximum absolute atomic E-state index is 12.7. The van der Waals surface area contributed by atoms with Gasteiger partial charge in [0, 0.05) is 17.7 Å². The van der Waals surface area contributed by atoms with E-state index in [4.69, 9.17) is 4.74 Å². The van der Waals surface area contributed by atoms with Gasteiger partial charge in [-0.15, -0.1) is 12.4 Å². The molecule has 1 atom stereocenters. The van der Waals surface area contributed by atoms with Gasteiger partial charge >= 0.3 is 0 Å². The summed E-state index contributed by atoms with van der Waals surface area (Å²) < 4.78 is 5.49. The van der Waals surface area contributed by atoms with E-state index < -0.39 is 0 Å². The molecule has 0 radical (unpaired) electrons. The largest absolute Gasteiger partial charge is 0.496 e. The molecule has 2 N–H and O–H groups in total. The number of amides is 1. The van der Waals surface area contributed by atoms with Crippen LogP contribution in [0.4, 0.5) is 0 Å². The molecule has 1 aliphatic heterocycles. The lowest BCUT2D eigenvalue weighted by Gasteiger charge is -2.26. The van der Waals surface area contributed by atoms with Gasteiger partial charge in [-0.2, -0.15) is 0 Å². The molecule has 1 saturated heterocycles. The Hall–Kier alpha value is -2.11. The Balaban J connectivity index is 0.00000225. The molecule has 2 heterocycles. The molecule has 134 valence electrons. The zero-order valence-electron chi connectivity index (χ0n) is 14.3. The molecule has 3 rings (SSSR count). The minimum atomic E-state index is -0.315. The number of para-hydroxylation sites is 1. The fourth-order valence-corrected chi connectivity index (χ4v) is 3.11. The molecule has 6 heteroatoms. The number of pyridine rings is 1. The lowest BCUT2D eigenvalue weighted by molar-refractivity contribution is -0.126. The second-order valence-corrected chi connectivity index (χ2v) is 5.96. The molecule has 0 bridgehead atoms. The van der Waals surface area contributed by atoms with Gasteiger partial charge < -0.3 is 15.4 Å². The van der Waals surface area contributed by atoms with Crippen LogP contribution < -0.4 is 15.4 Å². The molecule has 1 aromatic carbocycles. The molecule has 1 fully saturated rings. The van der Waals surface area contributed by atoms with Gasteiger partial charge in [0.2, 0.25) is 5.91 Å². The maximum Gasteiger partial charge on any atom is 0.224 e. The summed E-state index contributed by atoms with van der Waals surface area (Å²) in [5.41, 5.74) is 1.73. The first-order valence-corrected chi connectivity index (χ1v) is 8.34. The van der Waals surface area contributed by atoms with E-state index in [0.717, 1.165) is 42.9 Å². The van der Waals surface area contributed by atoms with Gasteiger partial charge in [-0.25, -0.2) is 0 Å². The Morgan fingerprint density at radius 2 is 1.92 bits per heavy atom. The predicted octanol–water partition coefficient (Wildman–Crippen LogP) is 2.72. The van der Waals surface area contributed by atoms with Crippen molar-refractivity contribution in [2.45, 2.75) is 18.9 Å². The van der Waals surface area contributed by atoms with Crippen LogP contribution in [-0.2, 0) is 4.79 Å². The summed E-state index contributed by atoms with van der Waals surface area (Å²) >= 11 is 0. The van der Waals surface area contributed by atoms with Crippen LogP contribution in [0.15, 0.2) is 48.7 Å². The zero-order valence-corrected chi connectivity index (χ0v) is 15.1. The number of nitrogens with one attached hydrogen (secondary N) is 2. The number of hydrogen-bond donors (Lipinski definition) is 2. The number of ether oxygens (including phenoxy) is 1. The number of aromatic nitrogens is 1. The summed E-state index contributed by atoms with van der Waals surface area (Å²) in [6, 6.07) is 13.2. The first-order chi connectivity index (χ1) is 11.8. The second kappa shape index (κ2) is 9.39. The zero-order chi connectivity index (χ0) is 16.8. The van der Waals surface area contributed by atoms with Crippen molar-refractivity contribution in [3.8, 4) is 5.75 Å². The molecule has 0 aliphatic carbocycles. The molecule has 1 aromatic heterocycles. The fraction of sp³-hybridized carbons (Fsp3) is 0.368. The normalized spacial score (nSPS) is 15.7. The third-order valence-electron chi connectivity index (χ3n) is 4.43. The number of nitrogens with zero attached hydrogens (tertiary/aromatic N) is 1. The van der Waals surface area contributed by atoms with Crippen molar-refractivity contribution in [3.63, 3.8) is 0 Å². The number of methoxy groups -OCH3 is 1. The standard InChI is InChI=1S/C19H23N3O2.ClH/c1-24-17-8-3-2-6-15(17)18(16-7-4-5-11-21-16)22-19(23)14-9-12-20-13-10-14;/h2-8,11,14,18,20H,9-10,12-13H2,1H3,(H,22,23);1H. The summed E-state index contributed by atoms with van der Waals surface area (Å²) in [6.07, 6.45) is 3.48. The fourth-order valence-electron chi connectivity index (χ4n) is 3.11. The van der Waals surface area contributed by atoms with Crippen LogP contribution in [0.1, 0.15) is 30.1 Å². The lowest BCUT2D eigenvalue weighted by atomic mass is 9.95. The molecule has 2 aromatic rings. The Morgan fingerprint density at radius 3 is 2.60 bits per heavy atom. The van der Waals surface area contributed by atoms with Gasteiger partial charge in [0.15, 0.2) is 0 Å². The molecule has 5 nitrogen and oxygen atoms in total. The van der Waals surface area contributed by atoms with Gasteiger partial charge in [-0.05, 0) is 44.1 Å². The number of piperidine rings is 1. The Kier molecular flexibility index (Phi) is 7.22. The van der Waals surface area contributed by atoms with E-state index in [1.54, 1.807) is 13.3 Å². The van der Waals surface area contributed by atoms with Crippen molar-refractivity contribution in [3.05, 3.63) is 59.9 Å². The van der Waals surface area contributed by atoms with E-state index in [1.807, 2.05) is 42.5 Å². The van der Waals surface area contributed by atoms with Gasteiger partial charge in [0.1, 0.15) is 5.75 Å². The molecular weight excluding hydrogens is 338 g/mol. The van der Waals surface area contributed by atoms with E-state index in [-0.39, 0.29) is 30.3 Å². The smallest absolute Gasteiger partial charge is 0.224 e. The summed E-state index contributed by atoms with van der Waals surface area (Å²) in [6.45, 7) is 1.78. The van der Waals surface area contributed by atoms with Crippen LogP contribution in [0.5, 0.6) is 5.75 Å². The highest BCUT2D eigenvalue weighted by Crippen LogP contribution is 2.29. The molecule has 1 aliphatic rings. The number of rotatable bonds is 5. The minimum absolute atomic E-state index is 0. The van der Waals surface area contributed by atoms with Gasteiger partial charge in [0.05, 0.1) is 18.8 Å². The van der Waals surface area contributed by atoms with Crippen molar-refractivity contribution in [1.29, 1.82) is 0 Å². The van der Waals surface area contributed by atoms with Gasteiger partial charge in [-0.1, -0.05) is 24.3 Å².